The topological polar surface area (TPSA) is 88.3 Å². The zero-order chi connectivity index (χ0) is 14.4. The molecular formula is C14H15N2O3S-. The van der Waals surface area contributed by atoms with Crippen molar-refractivity contribution in [3.8, 4) is 16.9 Å². The Kier molecular flexibility index (Phi) is 5.23. The summed E-state index contributed by atoms with van der Waals surface area (Å²) in [7, 11) is 0. The molecule has 0 radical (unpaired) electrons. The van der Waals surface area contributed by atoms with Crippen molar-refractivity contribution < 1.29 is 13.5 Å². The van der Waals surface area contributed by atoms with Crippen LogP contribution in [0.5, 0.6) is 5.75 Å². The maximum absolute atomic E-state index is 10.7. The second-order valence-corrected chi connectivity index (χ2v) is 5.02. The van der Waals surface area contributed by atoms with E-state index in [0.717, 1.165) is 23.3 Å². The van der Waals surface area contributed by atoms with Crippen LogP contribution in [0.25, 0.3) is 11.1 Å². The van der Waals surface area contributed by atoms with Crippen molar-refractivity contribution in [2.75, 3.05) is 13.2 Å². The fourth-order valence-electron chi connectivity index (χ4n) is 1.67. The third-order valence-electron chi connectivity index (χ3n) is 2.71. The van der Waals surface area contributed by atoms with Crippen LogP contribution in [-0.4, -0.2) is 26.9 Å². The van der Waals surface area contributed by atoms with Crippen molar-refractivity contribution in [2.45, 2.75) is 11.4 Å². The van der Waals surface area contributed by atoms with Crippen LogP contribution in [0.4, 0.5) is 0 Å². The van der Waals surface area contributed by atoms with Gasteiger partial charge in [0.15, 0.2) is 0 Å². The van der Waals surface area contributed by atoms with Gasteiger partial charge in [-0.15, -0.1) is 0 Å². The van der Waals surface area contributed by atoms with E-state index in [1.54, 1.807) is 6.07 Å². The zero-order valence-corrected chi connectivity index (χ0v) is 11.6. The van der Waals surface area contributed by atoms with Gasteiger partial charge in [0.2, 0.25) is 0 Å². The van der Waals surface area contributed by atoms with Crippen molar-refractivity contribution in [1.29, 1.82) is 0 Å². The number of benzene rings is 1. The zero-order valence-electron chi connectivity index (χ0n) is 10.8. The van der Waals surface area contributed by atoms with Gasteiger partial charge in [-0.25, -0.2) is 4.98 Å². The highest BCUT2D eigenvalue weighted by Gasteiger charge is 2.01. The molecule has 0 saturated carbocycles. The molecule has 0 amide bonds. The highest BCUT2D eigenvalue weighted by Crippen LogP contribution is 2.22. The van der Waals surface area contributed by atoms with Gasteiger partial charge in [0.1, 0.15) is 10.8 Å². The van der Waals surface area contributed by atoms with Crippen LogP contribution < -0.4 is 10.5 Å². The number of aromatic nitrogens is 1. The maximum atomic E-state index is 10.7. The Morgan fingerprint density at radius 2 is 1.85 bits per heavy atom. The first-order chi connectivity index (χ1) is 9.70. The number of ether oxygens (including phenoxy) is 1. The van der Waals surface area contributed by atoms with E-state index in [9.17, 15) is 8.76 Å². The van der Waals surface area contributed by atoms with Crippen molar-refractivity contribution in [3.63, 3.8) is 0 Å². The molecule has 0 aliphatic heterocycles. The van der Waals surface area contributed by atoms with Crippen LogP contribution in [0.3, 0.4) is 0 Å². The minimum absolute atomic E-state index is 0.0375. The Hall–Kier alpha value is -1.76. The van der Waals surface area contributed by atoms with Crippen LogP contribution in [0, 0.1) is 0 Å². The van der Waals surface area contributed by atoms with Gasteiger partial charge in [-0.3, -0.25) is 4.21 Å². The highest BCUT2D eigenvalue weighted by molar-refractivity contribution is 7.79. The fraction of sp³-hybridized carbons (Fsp3) is 0.214. The molecule has 0 aliphatic carbocycles. The lowest BCUT2D eigenvalue weighted by atomic mass is 10.1. The summed E-state index contributed by atoms with van der Waals surface area (Å²) in [5, 5.41) is 0.0375. The molecule has 106 valence electrons. The van der Waals surface area contributed by atoms with Crippen LogP contribution in [-0.2, 0) is 11.1 Å². The number of nitrogens with zero attached hydrogens (tertiary/aromatic N) is 1. The van der Waals surface area contributed by atoms with Gasteiger partial charge in [0.05, 0.1) is 6.61 Å². The van der Waals surface area contributed by atoms with E-state index < -0.39 is 11.1 Å². The predicted octanol–water partition coefficient (Wildman–Crippen LogP) is 1.71. The molecule has 0 aliphatic rings. The predicted molar refractivity (Wildman–Crippen MR) is 76.0 cm³/mol. The van der Waals surface area contributed by atoms with Crippen LogP contribution in [0.2, 0.25) is 0 Å². The quantitative estimate of drug-likeness (QED) is 0.646. The summed E-state index contributed by atoms with van der Waals surface area (Å²) in [5.74, 6) is 0.785. The molecule has 2 rings (SSSR count). The first-order valence-electron chi connectivity index (χ1n) is 6.19. The Morgan fingerprint density at radius 1 is 1.15 bits per heavy atom. The van der Waals surface area contributed by atoms with E-state index in [4.69, 9.17) is 10.5 Å². The Bertz CT molecular complexity index is 570. The lowest BCUT2D eigenvalue weighted by Crippen LogP contribution is -2.05. The first kappa shape index (κ1) is 14.6. The van der Waals surface area contributed by atoms with Crippen molar-refractivity contribution in [2.24, 2.45) is 5.73 Å². The van der Waals surface area contributed by atoms with Crippen molar-refractivity contribution in [3.05, 3.63) is 42.6 Å². The molecule has 0 bridgehead atoms. The number of pyridine rings is 1. The Balaban J connectivity index is 2.07. The van der Waals surface area contributed by atoms with E-state index in [1.165, 1.54) is 12.3 Å². The third kappa shape index (κ3) is 3.86. The van der Waals surface area contributed by atoms with Crippen LogP contribution >= 0.6 is 0 Å². The highest BCUT2D eigenvalue weighted by atomic mass is 32.2. The summed E-state index contributed by atoms with van der Waals surface area (Å²) in [6, 6.07) is 10.7. The summed E-state index contributed by atoms with van der Waals surface area (Å²) in [6.07, 6.45) is 2.36. The van der Waals surface area contributed by atoms with Gasteiger partial charge in [0.25, 0.3) is 0 Å². The average Bonchev–Trinajstić information content (AvgIpc) is 2.48. The molecule has 1 unspecified atom stereocenters. The third-order valence-corrected chi connectivity index (χ3v) is 3.29. The van der Waals surface area contributed by atoms with E-state index in [2.05, 4.69) is 4.98 Å². The molecule has 1 aromatic carbocycles. The molecule has 1 heterocycles. The molecule has 6 heteroatoms. The number of hydrogen-bond acceptors (Lipinski definition) is 5. The Labute approximate surface area is 120 Å². The maximum Gasteiger partial charge on any atom is 0.119 e. The first-order valence-corrected chi connectivity index (χ1v) is 7.27. The van der Waals surface area contributed by atoms with Crippen molar-refractivity contribution >= 4 is 11.1 Å². The molecule has 5 nitrogen and oxygen atoms in total. The summed E-state index contributed by atoms with van der Waals surface area (Å²) in [4.78, 5) is 3.88. The molecule has 1 atom stereocenters. The van der Waals surface area contributed by atoms with Gasteiger partial charge in [0, 0.05) is 11.8 Å². The number of rotatable bonds is 6. The second-order valence-electron chi connectivity index (χ2n) is 4.13. The standard InChI is InChI=1S/C14H16N2O3S/c15-8-1-9-19-13-5-2-11(3-6-13)12-4-7-14(16-10-12)20(17)18/h2-7,10H,1,8-9,15H2,(H,17,18)/p-1. The summed E-state index contributed by atoms with van der Waals surface area (Å²) in [5.41, 5.74) is 7.20. The van der Waals surface area contributed by atoms with Gasteiger partial charge in [-0.1, -0.05) is 18.2 Å². The van der Waals surface area contributed by atoms with Gasteiger partial charge in [-0.2, -0.15) is 0 Å². The minimum atomic E-state index is -2.29. The van der Waals surface area contributed by atoms with Gasteiger partial charge in [-0.05, 0) is 47.8 Å². The monoisotopic (exact) mass is 291 g/mol. The molecule has 20 heavy (non-hydrogen) atoms. The normalized spacial score (nSPS) is 12.1. The molecule has 0 fully saturated rings. The van der Waals surface area contributed by atoms with Crippen molar-refractivity contribution in [1.82, 2.24) is 4.98 Å². The lowest BCUT2D eigenvalue weighted by molar-refractivity contribution is 0.313. The smallest absolute Gasteiger partial charge is 0.119 e. The molecule has 0 spiro atoms. The Morgan fingerprint density at radius 3 is 2.40 bits per heavy atom. The molecule has 2 aromatic rings. The number of hydrogen-bond donors (Lipinski definition) is 1. The van der Waals surface area contributed by atoms with Crippen LogP contribution in [0.15, 0.2) is 47.6 Å². The number of nitrogens with two attached hydrogens (primary N) is 1. The van der Waals surface area contributed by atoms with E-state index in [-0.39, 0.29) is 5.03 Å². The SMILES string of the molecule is NCCCOc1ccc(-c2ccc(S(=O)[O-])nc2)cc1. The fourth-order valence-corrected chi connectivity index (χ4v) is 1.98. The molecular weight excluding hydrogens is 276 g/mol. The largest absolute Gasteiger partial charge is 0.767 e. The summed E-state index contributed by atoms with van der Waals surface area (Å²) in [6.45, 7) is 1.21. The summed E-state index contributed by atoms with van der Waals surface area (Å²) >= 11 is -2.29. The van der Waals surface area contributed by atoms with E-state index >= 15 is 0 Å². The minimum Gasteiger partial charge on any atom is -0.767 e. The average molecular weight is 291 g/mol. The van der Waals surface area contributed by atoms with Gasteiger partial charge < -0.3 is 15.0 Å². The van der Waals surface area contributed by atoms with Crippen LogP contribution in [0.1, 0.15) is 6.42 Å². The molecule has 0 saturated heterocycles. The lowest BCUT2D eigenvalue weighted by Gasteiger charge is -2.08. The van der Waals surface area contributed by atoms with E-state index in [0.29, 0.717) is 13.2 Å². The second kappa shape index (κ2) is 7.14. The van der Waals surface area contributed by atoms with E-state index in [1.807, 2.05) is 24.3 Å². The molecule has 1 aromatic heterocycles. The summed E-state index contributed by atoms with van der Waals surface area (Å²) < 4.78 is 27.0. The van der Waals surface area contributed by atoms with Gasteiger partial charge >= 0.3 is 0 Å². The molecule has 2 N–H and O–H groups in total.